The molecule has 7 heteroatoms. The Morgan fingerprint density at radius 2 is 0.726 bits per heavy atom. The maximum Gasteiger partial charge on any atom is 0.252 e. The highest BCUT2D eigenvalue weighted by molar-refractivity contribution is 7.04. The van der Waals surface area contributed by atoms with Crippen LogP contribution in [0.5, 0.6) is 11.5 Å². The minimum atomic E-state index is -0.155. The van der Waals surface area contributed by atoms with E-state index in [0.29, 0.717) is 0 Å². The Bertz CT molecular complexity index is 3710. The zero-order chi connectivity index (χ0) is 50.5. The molecule has 0 radical (unpaired) electrons. The largest absolute Gasteiger partial charge is 0.508 e. The minimum absolute atomic E-state index is 0.000532. The SMILES string of the molecule is CC(C)(C)c1ccc(N2c3cc(-c4ccc(O)cc4)ccc3B3c4cc(C(C)(C)C)cc5c4N(c4cccc2c43)c2cc(-c3ccc(O)cc3)cc3c2B5c2ccccc2N3c2ccc(C(C)(C)C)cc2)cc1. The average Bonchev–Trinajstić information content (AvgIpc) is 3.38. The number of rotatable bonds is 4. The smallest absolute Gasteiger partial charge is 0.252 e. The molecule has 4 heterocycles. The molecule has 0 fully saturated rings. The molecule has 0 aliphatic carbocycles. The van der Waals surface area contributed by atoms with Gasteiger partial charge in [0, 0.05) is 51.2 Å². The van der Waals surface area contributed by atoms with Crippen LogP contribution in [-0.4, -0.2) is 23.6 Å². The third kappa shape index (κ3) is 6.99. The van der Waals surface area contributed by atoms with E-state index in [4.69, 9.17) is 0 Å². The molecule has 4 aliphatic rings. The number of hydrogen-bond acceptors (Lipinski definition) is 5. The zero-order valence-electron chi connectivity index (χ0n) is 43.2. The predicted molar refractivity (Wildman–Crippen MR) is 310 cm³/mol. The van der Waals surface area contributed by atoms with E-state index in [1.807, 2.05) is 24.3 Å². The quantitative estimate of drug-likeness (QED) is 0.172. The Balaban J connectivity index is 1.13. The molecule has 0 aromatic heterocycles. The van der Waals surface area contributed by atoms with Crippen LogP contribution in [0.4, 0.5) is 51.2 Å². The number of benzene rings is 9. The van der Waals surface area contributed by atoms with Crippen LogP contribution in [0.25, 0.3) is 22.3 Å². The molecule has 5 nitrogen and oxygen atoms in total. The summed E-state index contributed by atoms with van der Waals surface area (Å²) < 4.78 is 0. The van der Waals surface area contributed by atoms with Crippen molar-refractivity contribution in [3.05, 3.63) is 199 Å². The van der Waals surface area contributed by atoms with E-state index in [2.05, 4.69) is 210 Å². The number of aromatic hydroxyl groups is 2. The second-order valence-electron chi connectivity index (χ2n) is 23.8. The van der Waals surface area contributed by atoms with E-state index in [1.54, 1.807) is 24.3 Å². The number of fused-ring (bicyclic) bond motifs is 8. The van der Waals surface area contributed by atoms with Gasteiger partial charge in [0.1, 0.15) is 11.5 Å². The molecule has 0 saturated carbocycles. The second-order valence-corrected chi connectivity index (χ2v) is 23.8. The van der Waals surface area contributed by atoms with Gasteiger partial charge in [-0.2, -0.15) is 0 Å². The van der Waals surface area contributed by atoms with Crippen molar-refractivity contribution in [1.82, 2.24) is 0 Å². The van der Waals surface area contributed by atoms with Gasteiger partial charge in [0.05, 0.1) is 0 Å². The van der Waals surface area contributed by atoms with Gasteiger partial charge in [0.2, 0.25) is 0 Å². The fraction of sp³-hybridized carbons (Fsp3) is 0.182. The standard InChI is InChI=1S/C66H59B2N3O2/c1-64(2,3)44-22-26-47(27-23-44)69-55-14-11-10-13-51(55)67-53-38-46(66(7,8)9)39-54-63(53)71(60-37-43(36-59(69)62(60)67)41-19-32-50(73)33-20-41)57-16-12-15-56-61(57)68(54)52-34-21-42(40-17-30-49(72)31-18-40)35-58(52)70(56)48-28-24-45(25-29-48)65(4,5)6/h10-39,72-73H,1-9H3. The normalized spacial score (nSPS) is 14.1. The molecule has 0 spiro atoms. The van der Waals surface area contributed by atoms with Crippen molar-refractivity contribution in [2.75, 3.05) is 14.7 Å². The van der Waals surface area contributed by atoms with Gasteiger partial charge in [-0.25, -0.2) is 0 Å². The number of hydrogen-bond donors (Lipinski definition) is 2. The van der Waals surface area contributed by atoms with E-state index in [-0.39, 0.29) is 41.2 Å². The summed E-state index contributed by atoms with van der Waals surface area (Å²) in [7, 11) is 0. The first-order chi connectivity index (χ1) is 34.9. The van der Waals surface area contributed by atoms with Crippen molar-refractivity contribution in [2.45, 2.75) is 78.6 Å². The highest BCUT2D eigenvalue weighted by atomic mass is 16.3. The Morgan fingerprint density at radius 3 is 1.26 bits per heavy atom. The van der Waals surface area contributed by atoms with Crippen molar-refractivity contribution in [1.29, 1.82) is 0 Å². The Kier molecular flexibility index (Phi) is 9.74. The van der Waals surface area contributed by atoms with Crippen LogP contribution >= 0.6 is 0 Å². The monoisotopic (exact) mass is 947 g/mol. The Hall–Kier alpha value is -7.89. The fourth-order valence-corrected chi connectivity index (χ4v) is 12.3. The van der Waals surface area contributed by atoms with Crippen LogP contribution in [-0.2, 0) is 16.2 Å². The lowest BCUT2D eigenvalue weighted by Crippen LogP contribution is -2.68. The maximum atomic E-state index is 10.6. The van der Waals surface area contributed by atoms with Crippen molar-refractivity contribution >= 4 is 97.4 Å². The first-order valence-corrected chi connectivity index (χ1v) is 25.8. The first kappa shape index (κ1) is 45.0. The summed E-state index contributed by atoms with van der Waals surface area (Å²) in [4.78, 5) is 7.62. The molecule has 0 bridgehead atoms. The molecule has 9 aromatic rings. The summed E-state index contributed by atoms with van der Waals surface area (Å²) in [6.45, 7) is 20.6. The first-order valence-electron chi connectivity index (χ1n) is 25.8. The Labute approximate surface area is 431 Å². The van der Waals surface area contributed by atoms with Gasteiger partial charge in [-0.3, -0.25) is 0 Å². The second kappa shape index (κ2) is 15.8. The molecule has 0 atom stereocenters. The summed E-state index contributed by atoms with van der Waals surface area (Å²) in [5, 5.41) is 20.9. The van der Waals surface area contributed by atoms with E-state index in [0.717, 1.165) is 56.4 Å². The van der Waals surface area contributed by atoms with Gasteiger partial charge in [-0.05, 0) is 173 Å². The van der Waals surface area contributed by atoms with Gasteiger partial charge in [-0.1, -0.05) is 159 Å². The van der Waals surface area contributed by atoms with Gasteiger partial charge < -0.3 is 24.9 Å². The van der Waals surface area contributed by atoms with E-state index >= 15 is 0 Å². The van der Waals surface area contributed by atoms with Crippen LogP contribution in [0, 0.1) is 0 Å². The lowest BCUT2D eigenvalue weighted by molar-refractivity contribution is 0.475. The highest BCUT2D eigenvalue weighted by Crippen LogP contribution is 2.50. The fourth-order valence-electron chi connectivity index (χ4n) is 12.3. The van der Waals surface area contributed by atoms with E-state index in [1.165, 1.54) is 66.5 Å². The van der Waals surface area contributed by atoms with E-state index in [9.17, 15) is 10.2 Å². The minimum Gasteiger partial charge on any atom is -0.508 e. The molecule has 0 amide bonds. The third-order valence-electron chi connectivity index (χ3n) is 16.1. The average molecular weight is 948 g/mol. The number of phenols is 2. The molecule has 356 valence electrons. The predicted octanol–water partition coefficient (Wildman–Crippen LogP) is 13.0. The summed E-state index contributed by atoms with van der Waals surface area (Å²) in [5.74, 6) is 0.503. The van der Waals surface area contributed by atoms with Crippen molar-refractivity contribution in [3.8, 4) is 33.8 Å². The van der Waals surface area contributed by atoms with Crippen LogP contribution in [0.1, 0.15) is 79.0 Å². The molecule has 73 heavy (non-hydrogen) atoms. The lowest BCUT2D eigenvalue weighted by Gasteiger charge is -2.50. The zero-order valence-corrected chi connectivity index (χ0v) is 43.2. The summed E-state index contributed by atoms with van der Waals surface area (Å²) in [6, 6.07) is 66.6. The van der Waals surface area contributed by atoms with Crippen LogP contribution in [0.2, 0.25) is 0 Å². The van der Waals surface area contributed by atoms with Gasteiger partial charge in [0.25, 0.3) is 13.4 Å². The van der Waals surface area contributed by atoms with E-state index < -0.39 is 0 Å². The molecule has 4 aliphatic heterocycles. The van der Waals surface area contributed by atoms with Crippen LogP contribution < -0.4 is 47.5 Å². The molecule has 0 unspecified atom stereocenters. The lowest BCUT2D eigenvalue weighted by atomic mass is 9.29. The number of phenolic OH excluding ortho intramolecular Hbond substituents is 2. The molecule has 9 aromatic carbocycles. The van der Waals surface area contributed by atoms with Gasteiger partial charge in [-0.15, -0.1) is 0 Å². The number of nitrogens with zero attached hydrogens (tertiary/aromatic N) is 3. The van der Waals surface area contributed by atoms with Crippen molar-refractivity contribution in [2.24, 2.45) is 0 Å². The van der Waals surface area contributed by atoms with Crippen LogP contribution in [0.15, 0.2) is 182 Å². The van der Waals surface area contributed by atoms with Gasteiger partial charge in [0.15, 0.2) is 0 Å². The summed E-state index contributed by atoms with van der Waals surface area (Å²) in [6.07, 6.45) is 0. The van der Waals surface area contributed by atoms with Gasteiger partial charge >= 0.3 is 0 Å². The maximum absolute atomic E-state index is 10.6. The Morgan fingerprint density at radius 1 is 0.315 bits per heavy atom. The van der Waals surface area contributed by atoms with Crippen LogP contribution in [0.3, 0.4) is 0 Å². The summed E-state index contributed by atoms with van der Waals surface area (Å²) >= 11 is 0. The molecule has 0 saturated heterocycles. The van der Waals surface area contributed by atoms with Crippen molar-refractivity contribution in [3.63, 3.8) is 0 Å². The molecular formula is C66H59B2N3O2. The summed E-state index contributed by atoms with van der Waals surface area (Å²) in [5.41, 5.74) is 26.2. The number of para-hydroxylation sites is 1. The highest BCUT2D eigenvalue weighted by Gasteiger charge is 2.51. The molecular weight excluding hydrogens is 888 g/mol. The number of anilines is 9. The molecule has 2 N–H and O–H groups in total. The molecule has 13 rings (SSSR count). The topological polar surface area (TPSA) is 50.2 Å². The third-order valence-corrected chi connectivity index (χ3v) is 16.1. The van der Waals surface area contributed by atoms with Crippen molar-refractivity contribution < 1.29 is 10.2 Å².